The van der Waals surface area contributed by atoms with Crippen LogP contribution < -0.4 is 5.73 Å². The maximum Gasteiger partial charge on any atom is 0.0847 e. The van der Waals surface area contributed by atoms with Gasteiger partial charge in [-0.2, -0.15) is 5.10 Å². The first-order valence-electron chi connectivity index (χ1n) is 6.36. The zero-order valence-electron chi connectivity index (χ0n) is 11.3. The standard InChI is InChI=1S/C14H16Br2ClN3/c1-3-20-13(14(17)8(2)19-20)7-12(18)10-6-9(15)4-5-11(10)16/h4-6,12H,3,7,18H2,1-2H3. The van der Waals surface area contributed by atoms with Gasteiger partial charge in [0.15, 0.2) is 0 Å². The van der Waals surface area contributed by atoms with Crippen molar-refractivity contribution in [1.82, 2.24) is 9.78 Å². The van der Waals surface area contributed by atoms with E-state index < -0.39 is 0 Å². The van der Waals surface area contributed by atoms with Gasteiger partial charge in [-0.05, 0) is 37.6 Å². The molecule has 2 rings (SSSR count). The summed E-state index contributed by atoms with van der Waals surface area (Å²) < 4.78 is 3.93. The maximum absolute atomic E-state index is 6.35. The van der Waals surface area contributed by atoms with Gasteiger partial charge >= 0.3 is 0 Å². The Bertz CT molecular complexity index is 625. The summed E-state index contributed by atoms with van der Waals surface area (Å²) in [6, 6.07) is 5.86. The number of hydrogen-bond acceptors (Lipinski definition) is 2. The molecule has 108 valence electrons. The fourth-order valence-corrected chi connectivity index (χ4v) is 3.31. The van der Waals surface area contributed by atoms with Crippen LogP contribution in [0.25, 0.3) is 0 Å². The van der Waals surface area contributed by atoms with Gasteiger partial charge in [0.25, 0.3) is 0 Å². The Hall–Kier alpha value is -0.360. The number of halogens is 3. The van der Waals surface area contributed by atoms with Crippen molar-refractivity contribution in [2.24, 2.45) is 5.73 Å². The lowest BCUT2D eigenvalue weighted by molar-refractivity contribution is 0.586. The minimum absolute atomic E-state index is 0.138. The lowest BCUT2D eigenvalue weighted by Crippen LogP contribution is -2.17. The van der Waals surface area contributed by atoms with Crippen molar-refractivity contribution in [2.45, 2.75) is 32.9 Å². The van der Waals surface area contributed by atoms with E-state index in [-0.39, 0.29) is 6.04 Å². The SMILES string of the molecule is CCn1nc(C)c(Cl)c1CC(N)c1cc(Br)ccc1Br. The topological polar surface area (TPSA) is 43.8 Å². The monoisotopic (exact) mass is 419 g/mol. The van der Waals surface area contributed by atoms with Gasteiger partial charge < -0.3 is 5.73 Å². The van der Waals surface area contributed by atoms with Gasteiger partial charge in [-0.3, -0.25) is 4.68 Å². The van der Waals surface area contributed by atoms with E-state index in [0.717, 1.165) is 32.4 Å². The summed E-state index contributed by atoms with van der Waals surface area (Å²) in [7, 11) is 0. The molecular formula is C14H16Br2ClN3. The molecule has 20 heavy (non-hydrogen) atoms. The highest BCUT2D eigenvalue weighted by molar-refractivity contribution is 9.11. The number of rotatable bonds is 4. The summed E-state index contributed by atoms with van der Waals surface area (Å²) in [4.78, 5) is 0. The van der Waals surface area contributed by atoms with Crippen molar-refractivity contribution >= 4 is 43.5 Å². The number of nitrogens with two attached hydrogens (primary N) is 1. The Labute approximate surface area is 140 Å². The molecule has 0 aliphatic carbocycles. The number of aryl methyl sites for hydroxylation is 2. The average Bonchev–Trinajstić information content (AvgIpc) is 2.69. The molecule has 3 nitrogen and oxygen atoms in total. The second-order valence-corrected chi connectivity index (χ2v) is 6.79. The second-order valence-electron chi connectivity index (χ2n) is 4.64. The fraction of sp³-hybridized carbons (Fsp3) is 0.357. The lowest BCUT2D eigenvalue weighted by atomic mass is 10.0. The van der Waals surface area contributed by atoms with Gasteiger partial charge in [-0.25, -0.2) is 0 Å². The Kier molecular flexibility index (Phi) is 5.29. The van der Waals surface area contributed by atoms with E-state index in [1.165, 1.54) is 0 Å². The van der Waals surface area contributed by atoms with E-state index in [2.05, 4.69) is 37.0 Å². The third kappa shape index (κ3) is 3.27. The van der Waals surface area contributed by atoms with E-state index in [0.29, 0.717) is 11.4 Å². The molecule has 1 aromatic carbocycles. The van der Waals surface area contributed by atoms with E-state index in [9.17, 15) is 0 Å². The lowest BCUT2D eigenvalue weighted by Gasteiger charge is -2.15. The van der Waals surface area contributed by atoms with Crippen molar-refractivity contribution in [3.8, 4) is 0 Å². The van der Waals surface area contributed by atoms with Crippen LogP contribution in [-0.4, -0.2) is 9.78 Å². The van der Waals surface area contributed by atoms with Gasteiger partial charge in [0, 0.05) is 28.0 Å². The molecule has 1 unspecified atom stereocenters. The normalized spacial score (nSPS) is 12.7. The van der Waals surface area contributed by atoms with Crippen LogP contribution in [0.15, 0.2) is 27.1 Å². The van der Waals surface area contributed by atoms with Crippen LogP contribution in [0.4, 0.5) is 0 Å². The highest BCUT2D eigenvalue weighted by atomic mass is 79.9. The first-order chi connectivity index (χ1) is 9.43. The third-order valence-electron chi connectivity index (χ3n) is 3.22. The van der Waals surface area contributed by atoms with Crippen LogP contribution in [0.2, 0.25) is 5.02 Å². The van der Waals surface area contributed by atoms with Crippen molar-refractivity contribution in [2.75, 3.05) is 0 Å². The van der Waals surface area contributed by atoms with Gasteiger partial charge in [-0.15, -0.1) is 0 Å². The molecule has 2 aromatic rings. The van der Waals surface area contributed by atoms with E-state index in [4.69, 9.17) is 17.3 Å². The van der Waals surface area contributed by atoms with Gasteiger partial charge in [0.05, 0.1) is 16.4 Å². The van der Waals surface area contributed by atoms with Gasteiger partial charge in [-0.1, -0.05) is 43.5 Å². The summed E-state index contributed by atoms with van der Waals surface area (Å²) in [6.07, 6.45) is 0.655. The van der Waals surface area contributed by atoms with Crippen LogP contribution in [0, 0.1) is 6.92 Å². The number of nitrogens with zero attached hydrogens (tertiary/aromatic N) is 2. The highest BCUT2D eigenvalue weighted by Gasteiger charge is 2.18. The Balaban J connectivity index is 2.32. The summed E-state index contributed by atoms with van der Waals surface area (Å²) in [5.74, 6) is 0. The minimum Gasteiger partial charge on any atom is -0.324 e. The van der Waals surface area contributed by atoms with Crippen LogP contribution in [-0.2, 0) is 13.0 Å². The average molecular weight is 422 g/mol. The molecule has 0 spiro atoms. The summed E-state index contributed by atoms with van der Waals surface area (Å²) in [5, 5.41) is 5.14. The van der Waals surface area contributed by atoms with Gasteiger partial charge in [0.1, 0.15) is 0 Å². The molecule has 0 radical (unpaired) electrons. The van der Waals surface area contributed by atoms with Crippen LogP contribution >= 0.6 is 43.5 Å². The number of hydrogen-bond donors (Lipinski definition) is 1. The number of aromatic nitrogens is 2. The molecule has 0 fully saturated rings. The molecule has 6 heteroatoms. The Morgan fingerprint density at radius 2 is 2.10 bits per heavy atom. The maximum atomic E-state index is 6.35. The number of benzene rings is 1. The first-order valence-corrected chi connectivity index (χ1v) is 8.32. The summed E-state index contributed by atoms with van der Waals surface area (Å²) in [5.41, 5.74) is 9.24. The smallest absolute Gasteiger partial charge is 0.0847 e. The third-order valence-corrected chi connectivity index (χ3v) is 4.93. The predicted octanol–water partition coefficient (Wildman–Crippen LogP) is 4.63. The molecule has 1 atom stereocenters. The molecule has 2 N–H and O–H groups in total. The molecule has 0 aliphatic rings. The minimum atomic E-state index is -0.138. The molecule has 0 saturated heterocycles. The molecule has 0 bridgehead atoms. The molecular weight excluding hydrogens is 405 g/mol. The van der Waals surface area contributed by atoms with Crippen molar-refractivity contribution in [3.05, 3.63) is 49.1 Å². The quantitative estimate of drug-likeness (QED) is 0.782. The summed E-state index contributed by atoms with van der Waals surface area (Å²) >= 11 is 13.4. The van der Waals surface area contributed by atoms with E-state index in [1.807, 2.05) is 36.7 Å². The fourth-order valence-electron chi connectivity index (χ4n) is 2.18. The molecule has 0 aliphatic heterocycles. The van der Waals surface area contributed by atoms with Crippen molar-refractivity contribution in [3.63, 3.8) is 0 Å². The Morgan fingerprint density at radius 3 is 2.75 bits per heavy atom. The van der Waals surface area contributed by atoms with Crippen LogP contribution in [0.3, 0.4) is 0 Å². The summed E-state index contributed by atoms with van der Waals surface area (Å²) in [6.45, 7) is 4.75. The molecule has 0 amide bonds. The zero-order valence-corrected chi connectivity index (χ0v) is 15.3. The zero-order chi connectivity index (χ0) is 14.9. The Morgan fingerprint density at radius 1 is 1.40 bits per heavy atom. The molecule has 0 saturated carbocycles. The predicted molar refractivity (Wildman–Crippen MR) is 90.1 cm³/mol. The molecule has 1 heterocycles. The van der Waals surface area contributed by atoms with Crippen LogP contribution in [0.5, 0.6) is 0 Å². The van der Waals surface area contributed by atoms with E-state index in [1.54, 1.807) is 0 Å². The first kappa shape index (κ1) is 16.0. The second kappa shape index (κ2) is 6.60. The molecule has 1 aromatic heterocycles. The van der Waals surface area contributed by atoms with Crippen LogP contribution in [0.1, 0.15) is 29.9 Å². The highest BCUT2D eigenvalue weighted by Crippen LogP contribution is 2.30. The van der Waals surface area contributed by atoms with E-state index >= 15 is 0 Å². The van der Waals surface area contributed by atoms with Crippen molar-refractivity contribution < 1.29 is 0 Å². The largest absolute Gasteiger partial charge is 0.324 e. The van der Waals surface area contributed by atoms with Gasteiger partial charge in [0.2, 0.25) is 0 Å². The van der Waals surface area contributed by atoms with Crippen molar-refractivity contribution in [1.29, 1.82) is 0 Å².